The number of ketones is 1. The van der Waals surface area contributed by atoms with Crippen LogP contribution in [0, 0.1) is 0 Å². The van der Waals surface area contributed by atoms with Crippen molar-refractivity contribution in [3.05, 3.63) is 71.3 Å². The van der Waals surface area contributed by atoms with Gasteiger partial charge in [-0.3, -0.25) is 9.59 Å². The maximum Gasteiger partial charge on any atom is 0.295 e. The van der Waals surface area contributed by atoms with E-state index in [0.717, 1.165) is 16.2 Å². The maximum absolute atomic E-state index is 13.2. The molecule has 6 heteroatoms. The van der Waals surface area contributed by atoms with Gasteiger partial charge in [0.15, 0.2) is 0 Å². The third kappa shape index (κ3) is 4.17. The summed E-state index contributed by atoms with van der Waals surface area (Å²) in [4.78, 5) is 30.4. The van der Waals surface area contributed by atoms with Gasteiger partial charge in [0.05, 0.1) is 33.2 Å². The first-order chi connectivity index (χ1) is 13.8. The quantitative estimate of drug-likeness (QED) is 0.430. The van der Waals surface area contributed by atoms with E-state index in [9.17, 15) is 14.7 Å². The third-order valence-corrected chi connectivity index (χ3v) is 5.14. The lowest BCUT2D eigenvalue weighted by Gasteiger charge is -2.28. The molecule has 1 unspecified atom stereocenters. The van der Waals surface area contributed by atoms with Crippen LogP contribution in [0.4, 0.5) is 5.69 Å². The second-order valence-corrected chi connectivity index (χ2v) is 7.78. The normalized spacial score (nSPS) is 18.5. The van der Waals surface area contributed by atoms with Gasteiger partial charge in [-0.05, 0) is 23.3 Å². The lowest BCUT2D eigenvalue weighted by Crippen LogP contribution is -3.06. The molecule has 1 aliphatic rings. The van der Waals surface area contributed by atoms with Crippen LogP contribution in [0.15, 0.2) is 60.2 Å². The number of quaternary nitrogens is 1. The topological polar surface area (TPSA) is 68.1 Å². The maximum atomic E-state index is 13.2. The van der Waals surface area contributed by atoms with Gasteiger partial charge in [-0.25, -0.2) is 0 Å². The zero-order valence-corrected chi connectivity index (χ0v) is 17.3. The monoisotopic (exact) mass is 393 g/mol. The molecule has 0 bridgehead atoms. The number of carbonyl (C=O) groups excluding carboxylic acids is 2. The van der Waals surface area contributed by atoms with E-state index in [2.05, 4.69) is 0 Å². The minimum Gasteiger partial charge on any atom is -0.872 e. The minimum absolute atomic E-state index is 0.0348. The van der Waals surface area contributed by atoms with E-state index in [4.69, 9.17) is 0 Å². The van der Waals surface area contributed by atoms with Crippen LogP contribution in [0.2, 0.25) is 0 Å². The van der Waals surface area contributed by atoms with Crippen LogP contribution in [0.25, 0.3) is 5.76 Å². The molecule has 1 aliphatic heterocycles. The smallest absolute Gasteiger partial charge is 0.295 e. The molecule has 0 radical (unpaired) electrons. The van der Waals surface area contributed by atoms with Crippen molar-refractivity contribution in [2.24, 2.45) is 0 Å². The first-order valence-corrected chi connectivity index (χ1v) is 9.69. The van der Waals surface area contributed by atoms with E-state index in [1.165, 1.54) is 4.90 Å². The molecule has 152 valence electrons. The Morgan fingerprint density at radius 1 is 1.03 bits per heavy atom. The molecule has 6 nitrogen and oxygen atoms in total. The van der Waals surface area contributed by atoms with Crippen LogP contribution in [0.3, 0.4) is 0 Å². The van der Waals surface area contributed by atoms with Gasteiger partial charge in [-0.1, -0.05) is 48.2 Å². The average Bonchev–Trinajstić information content (AvgIpc) is 2.97. The molecular formula is C23H27N3O3. The Labute approximate surface area is 171 Å². The van der Waals surface area contributed by atoms with Gasteiger partial charge >= 0.3 is 0 Å². The largest absolute Gasteiger partial charge is 0.872 e. The van der Waals surface area contributed by atoms with Crippen molar-refractivity contribution >= 4 is 23.1 Å². The highest BCUT2D eigenvalue weighted by molar-refractivity contribution is 6.46. The van der Waals surface area contributed by atoms with E-state index < -0.39 is 17.7 Å². The molecular weight excluding hydrogens is 366 g/mol. The van der Waals surface area contributed by atoms with Crippen molar-refractivity contribution in [1.29, 1.82) is 0 Å². The molecule has 1 heterocycles. The number of hydrogen-bond donors (Lipinski definition) is 1. The van der Waals surface area contributed by atoms with E-state index in [0.29, 0.717) is 18.7 Å². The summed E-state index contributed by atoms with van der Waals surface area (Å²) in [5.74, 6) is -1.69. The molecule has 2 aromatic carbocycles. The second-order valence-electron chi connectivity index (χ2n) is 7.78. The van der Waals surface area contributed by atoms with Gasteiger partial charge in [0.1, 0.15) is 0 Å². The second kappa shape index (κ2) is 8.49. The number of carbonyl (C=O) groups is 2. The van der Waals surface area contributed by atoms with Gasteiger partial charge in [0, 0.05) is 25.4 Å². The van der Waals surface area contributed by atoms with Gasteiger partial charge in [-0.15, -0.1) is 0 Å². The number of Topliss-reactive ketones (excluding diaryl/α,β-unsaturated/α-hetero) is 1. The van der Waals surface area contributed by atoms with E-state index in [1.54, 1.807) is 24.3 Å². The van der Waals surface area contributed by atoms with Crippen molar-refractivity contribution in [3.8, 4) is 0 Å². The number of benzene rings is 2. The van der Waals surface area contributed by atoms with Crippen molar-refractivity contribution < 1.29 is 19.6 Å². The molecule has 2 aromatic rings. The Balaban J connectivity index is 2.11. The predicted octanol–water partition coefficient (Wildman–Crippen LogP) is 0.121. The number of nitrogens with zero attached hydrogens (tertiary/aromatic N) is 2. The fourth-order valence-corrected chi connectivity index (χ4v) is 3.49. The van der Waals surface area contributed by atoms with Crippen LogP contribution in [0.5, 0.6) is 0 Å². The number of rotatable bonds is 6. The molecule has 1 amide bonds. The van der Waals surface area contributed by atoms with Crippen molar-refractivity contribution in [2.45, 2.75) is 6.04 Å². The van der Waals surface area contributed by atoms with Crippen molar-refractivity contribution in [2.75, 3.05) is 46.2 Å². The Morgan fingerprint density at radius 2 is 1.66 bits per heavy atom. The first kappa shape index (κ1) is 20.6. The summed E-state index contributed by atoms with van der Waals surface area (Å²) in [6.45, 7) is 1.08. The number of likely N-dealkylation sites (N-methyl/N-ethyl adjacent to an activating group) is 1. The molecule has 1 N–H and O–H groups in total. The van der Waals surface area contributed by atoms with Crippen LogP contribution in [-0.2, 0) is 9.59 Å². The highest BCUT2D eigenvalue weighted by atomic mass is 16.3. The van der Waals surface area contributed by atoms with Gasteiger partial charge < -0.3 is 19.8 Å². The Morgan fingerprint density at radius 3 is 2.21 bits per heavy atom. The number of likely N-dealkylation sites (tertiary alicyclic amines) is 1. The fraction of sp³-hybridized carbons (Fsp3) is 0.304. The molecule has 1 fully saturated rings. The molecule has 0 saturated carbocycles. The Hall–Kier alpha value is -3.12. The minimum atomic E-state index is -0.700. The summed E-state index contributed by atoms with van der Waals surface area (Å²) in [6, 6.07) is 15.6. The van der Waals surface area contributed by atoms with E-state index in [1.807, 2.05) is 63.4 Å². The molecule has 0 aromatic heterocycles. The highest BCUT2D eigenvalue weighted by Gasteiger charge is 2.44. The number of hydrogen-bond acceptors (Lipinski definition) is 4. The Kier molecular flexibility index (Phi) is 6.03. The van der Waals surface area contributed by atoms with Crippen LogP contribution >= 0.6 is 0 Å². The molecule has 3 rings (SSSR count). The lowest BCUT2D eigenvalue weighted by molar-refractivity contribution is -0.857. The molecule has 0 aliphatic carbocycles. The summed E-state index contributed by atoms with van der Waals surface area (Å²) >= 11 is 0. The molecule has 1 atom stereocenters. The summed E-state index contributed by atoms with van der Waals surface area (Å²) in [6.07, 6.45) is 0. The van der Waals surface area contributed by atoms with Crippen LogP contribution in [-0.4, -0.2) is 57.9 Å². The predicted molar refractivity (Wildman–Crippen MR) is 111 cm³/mol. The molecule has 0 spiro atoms. The zero-order valence-electron chi connectivity index (χ0n) is 17.3. The number of amides is 1. The summed E-state index contributed by atoms with van der Waals surface area (Å²) in [5, 5.41) is 13.2. The summed E-state index contributed by atoms with van der Waals surface area (Å²) in [7, 11) is 7.87. The average molecular weight is 393 g/mol. The third-order valence-electron chi connectivity index (χ3n) is 5.14. The van der Waals surface area contributed by atoms with E-state index in [-0.39, 0.29) is 11.3 Å². The Bertz CT molecular complexity index is 918. The van der Waals surface area contributed by atoms with Crippen LogP contribution < -0.4 is 14.9 Å². The number of nitrogens with one attached hydrogen (secondary N) is 1. The fourth-order valence-electron chi connectivity index (χ4n) is 3.49. The zero-order chi connectivity index (χ0) is 21.1. The first-order valence-electron chi connectivity index (χ1n) is 9.69. The summed E-state index contributed by atoms with van der Waals surface area (Å²) in [5.41, 5.74) is 2.22. The van der Waals surface area contributed by atoms with Crippen LogP contribution in [0.1, 0.15) is 17.2 Å². The molecule has 29 heavy (non-hydrogen) atoms. The summed E-state index contributed by atoms with van der Waals surface area (Å²) < 4.78 is 0. The SMILES string of the molecule is CN(C)c1ccc(C2/C(=C(\[O-])c3ccccc3)C(=O)C(=O)N2CC[NH+](C)C)cc1. The number of anilines is 1. The van der Waals surface area contributed by atoms with Gasteiger partial charge in [-0.2, -0.15) is 0 Å². The van der Waals surface area contributed by atoms with Gasteiger partial charge in [0.2, 0.25) is 5.78 Å². The standard InChI is InChI=1S/C23H27N3O3/c1-24(2)14-15-26-20(16-10-12-18(13-11-16)25(3)4)19(22(28)23(26)29)21(27)17-8-6-5-7-9-17/h5-13,20,27H,14-15H2,1-4H3/b21-19+. The van der Waals surface area contributed by atoms with Crippen molar-refractivity contribution in [1.82, 2.24) is 4.90 Å². The highest BCUT2D eigenvalue weighted by Crippen LogP contribution is 2.38. The lowest BCUT2D eigenvalue weighted by atomic mass is 9.95. The van der Waals surface area contributed by atoms with Gasteiger partial charge in [0.25, 0.3) is 5.91 Å². The van der Waals surface area contributed by atoms with E-state index >= 15 is 0 Å². The molecule has 1 saturated heterocycles. The van der Waals surface area contributed by atoms with Crippen molar-refractivity contribution in [3.63, 3.8) is 0 Å².